The Morgan fingerprint density at radius 1 is 1.00 bits per heavy atom. The van der Waals surface area contributed by atoms with Gasteiger partial charge in [-0.3, -0.25) is 9.48 Å². The average molecular weight is 399 g/mol. The third-order valence-electron chi connectivity index (χ3n) is 4.97. The maximum absolute atomic E-state index is 13.7. The van der Waals surface area contributed by atoms with Crippen molar-refractivity contribution >= 4 is 11.6 Å². The molecule has 4 aromatic rings. The first-order valence-corrected chi connectivity index (χ1v) is 9.75. The fourth-order valence-electron chi connectivity index (χ4n) is 3.28. The molecular formula is C25H22FN3O. The molecule has 0 unspecified atom stereocenters. The molecule has 0 saturated heterocycles. The Bertz CT molecular complexity index is 1180. The number of aryl methyl sites for hydroxylation is 2. The van der Waals surface area contributed by atoms with Crippen LogP contribution in [-0.2, 0) is 6.54 Å². The molecule has 30 heavy (non-hydrogen) atoms. The van der Waals surface area contributed by atoms with Crippen molar-refractivity contribution in [2.24, 2.45) is 0 Å². The molecule has 0 radical (unpaired) electrons. The van der Waals surface area contributed by atoms with Crippen molar-refractivity contribution < 1.29 is 9.18 Å². The Hall–Kier alpha value is -3.73. The van der Waals surface area contributed by atoms with Crippen LogP contribution < -0.4 is 5.32 Å². The van der Waals surface area contributed by atoms with Gasteiger partial charge in [0.05, 0.1) is 12.1 Å². The number of hydrogen-bond donors (Lipinski definition) is 1. The first kappa shape index (κ1) is 19.6. The predicted octanol–water partition coefficient (Wildman–Crippen LogP) is 5.61. The first-order chi connectivity index (χ1) is 14.5. The van der Waals surface area contributed by atoms with Crippen LogP contribution in [0.1, 0.15) is 27.0 Å². The number of carbonyl (C=O) groups excluding carboxylic acids is 1. The summed E-state index contributed by atoms with van der Waals surface area (Å²) in [6, 6.07) is 22.2. The van der Waals surface area contributed by atoms with Crippen molar-refractivity contribution in [1.29, 1.82) is 0 Å². The van der Waals surface area contributed by atoms with Crippen molar-refractivity contribution in [2.45, 2.75) is 20.4 Å². The fraction of sp³-hybridized carbons (Fsp3) is 0.120. The number of rotatable bonds is 5. The summed E-state index contributed by atoms with van der Waals surface area (Å²) in [5, 5.41) is 7.52. The molecule has 4 rings (SSSR count). The lowest BCUT2D eigenvalue weighted by Crippen LogP contribution is -2.13. The molecule has 150 valence electrons. The molecule has 4 nitrogen and oxygen atoms in total. The zero-order chi connectivity index (χ0) is 21.1. The third-order valence-corrected chi connectivity index (χ3v) is 4.97. The highest BCUT2D eigenvalue weighted by Gasteiger charge is 2.19. The zero-order valence-electron chi connectivity index (χ0n) is 16.9. The van der Waals surface area contributed by atoms with Gasteiger partial charge in [-0.2, -0.15) is 5.10 Å². The van der Waals surface area contributed by atoms with Crippen LogP contribution in [0.15, 0.2) is 79.0 Å². The van der Waals surface area contributed by atoms with E-state index in [4.69, 9.17) is 0 Å². The topological polar surface area (TPSA) is 46.9 Å². The third kappa shape index (κ3) is 4.30. The van der Waals surface area contributed by atoms with Gasteiger partial charge in [-0.25, -0.2) is 4.39 Å². The predicted molar refractivity (Wildman–Crippen MR) is 117 cm³/mol. The van der Waals surface area contributed by atoms with Crippen molar-refractivity contribution in [3.8, 4) is 11.3 Å². The lowest BCUT2D eigenvalue weighted by Gasteiger charge is -2.08. The molecule has 1 aromatic heterocycles. The number of nitrogens with one attached hydrogen (secondary N) is 1. The van der Waals surface area contributed by atoms with E-state index in [9.17, 15) is 9.18 Å². The molecule has 0 saturated carbocycles. The van der Waals surface area contributed by atoms with Crippen LogP contribution in [0.25, 0.3) is 11.3 Å². The van der Waals surface area contributed by atoms with E-state index in [0.717, 1.165) is 22.3 Å². The Morgan fingerprint density at radius 2 is 1.73 bits per heavy atom. The number of anilines is 1. The number of benzene rings is 3. The quantitative estimate of drug-likeness (QED) is 0.474. The molecule has 1 N–H and O–H groups in total. The largest absolute Gasteiger partial charge is 0.322 e. The zero-order valence-corrected chi connectivity index (χ0v) is 16.9. The Balaban J connectivity index is 1.71. The van der Waals surface area contributed by atoms with Crippen LogP contribution >= 0.6 is 0 Å². The molecule has 0 bridgehead atoms. The minimum absolute atomic E-state index is 0.321. The van der Waals surface area contributed by atoms with Crippen LogP contribution in [0.5, 0.6) is 0 Å². The normalized spacial score (nSPS) is 10.8. The summed E-state index contributed by atoms with van der Waals surface area (Å²) in [6.07, 6.45) is 1.74. The van der Waals surface area contributed by atoms with E-state index < -0.39 is 5.82 Å². The maximum atomic E-state index is 13.7. The highest BCUT2D eigenvalue weighted by Crippen LogP contribution is 2.25. The number of aromatic nitrogens is 2. The van der Waals surface area contributed by atoms with Crippen LogP contribution in [0.4, 0.5) is 10.1 Å². The molecule has 3 aromatic carbocycles. The molecule has 0 aliphatic heterocycles. The number of amides is 1. The lowest BCUT2D eigenvalue weighted by molar-refractivity contribution is 0.102. The van der Waals surface area contributed by atoms with Crippen molar-refractivity contribution in [2.75, 3.05) is 5.32 Å². The van der Waals surface area contributed by atoms with Gasteiger partial charge in [0.25, 0.3) is 5.91 Å². The van der Waals surface area contributed by atoms with Gasteiger partial charge in [-0.1, -0.05) is 66.2 Å². The molecule has 0 spiro atoms. The van der Waals surface area contributed by atoms with Crippen molar-refractivity contribution in [3.05, 3.63) is 107 Å². The first-order valence-electron chi connectivity index (χ1n) is 9.75. The van der Waals surface area contributed by atoms with Crippen LogP contribution in [0, 0.1) is 19.7 Å². The molecule has 1 heterocycles. The van der Waals surface area contributed by atoms with Gasteiger partial charge in [0, 0.05) is 17.4 Å². The summed E-state index contributed by atoms with van der Waals surface area (Å²) < 4.78 is 15.4. The molecule has 0 aliphatic rings. The van der Waals surface area contributed by atoms with E-state index in [-0.39, 0.29) is 5.91 Å². The number of nitrogens with zero attached hydrogens (tertiary/aromatic N) is 2. The molecule has 1 amide bonds. The van der Waals surface area contributed by atoms with Gasteiger partial charge in [-0.15, -0.1) is 0 Å². The summed E-state index contributed by atoms with van der Waals surface area (Å²) in [5.74, 6) is -0.715. The molecule has 0 aliphatic carbocycles. The number of halogens is 1. The van der Waals surface area contributed by atoms with E-state index in [2.05, 4.69) is 10.4 Å². The summed E-state index contributed by atoms with van der Waals surface area (Å²) in [6.45, 7) is 4.39. The van der Waals surface area contributed by atoms with Crippen molar-refractivity contribution in [3.63, 3.8) is 0 Å². The van der Waals surface area contributed by atoms with E-state index >= 15 is 0 Å². The van der Waals surface area contributed by atoms with Gasteiger partial charge in [0.1, 0.15) is 11.5 Å². The summed E-state index contributed by atoms with van der Waals surface area (Å²) in [7, 11) is 0. The van der Waals surface area contributed by atoms with Gasteiger partial charge in [-0.05, 0) is 37.1 Å². The fourth-order valence-corrected chi connectivity index (χ4v) is 3.28. The molecule has 5 heteroatoms. The maximum Gasteiger partial charge on any atom is 0.259 e. The Morgan fingerprint density at radius 3 is 2.47 bits per heavy atom. The summed E-state index contributed by atoms with van der Waals surface area (Å²) >= 11 is 0. The van der Waals surface area contributed by atoms with Gasteiger partial charge in [0.15, 0.2) is 0 Å². The second-order valence-corrected chi connectivity index (χ2v) is 7.35. The van der Waals surface area contributed by atoms with Gasteiger partial charge >= 0.3 is 0 Å². The van der Waals surface area contributed by atoms with Gasteiger partial charge < -0.3 is 5.32 Å². The second-order valence-electron chi connectivity index (χ2n) is 7.35. The number of hydrogen-bond acceptors (Lipinski definition) is 2. The van der Waals surface area contributed by atoms with E-state index in [1.165, 1.54) is 12.1 Å². The minimum atomic E-state index is -0.394. The lowest BCUT2D eigenvalue weighted by atomic mass is 10.1. The second kappa shape index (κ2) is 8.33. The summed E-state index contributed by atoms with van der Waals surface area (Å²) in [4.78, 5) is 13.1. The summed E-state index contributed by atoms with van der Waals surface area (Å²) in [5.41, 5.74) is 5.35. The molecule has 0 fully saturated rings. The smallest absolute Gasteiger partial charge is 0.259 e. The monoisotopic (exact) mass is 399 g/mol. The van der Waals surface area contributed by atoms with E-state index in [0.29, 0.717) is 23.5 Å². The SMILES string of the molecule is Cc1ccc(-c2nn(Cc3ccccc3)cc2C(=O)Nc2cc(F)ccc2C)cc1. The highest BCUT2D eigenvalue weighted by atomic mass is 19.1. The number of carbonyl (C=O) groups is 1. The van der Waals surface area contributed by atoms with E-state index in [1.54, 1.807) is 16.9 Å². The molecule has 0 atom stereocenters. The molecular weight excluding hydrogens is 377 g/mol. The highest BCUT2D eigenvalue weighted by molar-refractivity contribution is 6.08. The Kier molecular flexibility index (Phi) is 5.44. The van der Waals surface area contributed by atoms with Crippen LogP contribution in [0.2, 0.25) is 0 Å². The Labute approximate surface area is 175 Å². The average Bonchev–Trinajstić information content (AvgIpc) is 3.16. The minimum Gasteiger partial charge on any atom is -0.322 e. The van der Waals surface area contributed by atoms with Crippen LogP contribution in [-0.4, -0.2) is 15.7 Å². The van der Waals surface area contributed by atoms with Crippen molar-refractivity contribution in [1.82, 2.24) is 9.78 Å². The van der Waals surface area contributed by atoms with E-state index in [1.807, 2.05) is 68.4 Å². The van der Waals surface area contributed by atoms with Gasteiger partial charge in [0.2, 0.25) is 0 Å². The standard InChI is InChI=1S/C25H22FN3O/c1-17-8-11-20(12-9-17)24-22(16-29(28-24)15-19-6-4-3-5-7-19)25(30)27-23-14-21(26)13-10-18(23)2/h3-14,16H,15H2,1-2H3,(H,27,30). The van der Waals surface area contributed by atoms with Crippen LogP contribution in [0.3, 0.4) is 0 Å².